The fourth-order valence-corrected chi connectivity index (χ4v) is 3.94. The van der Waals surface area contributed by atoms with Gasteiger partial charge in [0.15, 0.2) is 0 Å². The Labute approximate surface area is 193 Å². The van der Waals surface area contributed by atoms with E-state index in [4.69, 9.17) is 4.74 Å². The molecule has 1 heterocycles. The van der Waals surface area contributed by atoms with Crippen LogP contribution in [0.3, 0.4) is 0 Å². The van der Waals surface area contributed by atoms with E-state index in [1.807, 2.05) is 25.1 Å². The van der Waals surface area contributed by atoms with E-state index in [1.165, 1.54) is 17.0 Å². The normalized spacial score (nSPS) is 15.7. The van der Waals surface area contributed by atoms with Gasteiger partial charge in [0.1, 0.15) is 17.3 Å². The van der Waals surface area contributed by atoms with Gasteiger partial charge in [-0.15, -0.1) is 0 Å². The molecule has 3 aromatic carbocycles. The Morgan fingerprint density at radius 2 is 1.76 bits per heavy atom. The van der Waals surface area contributed by atoms with E-state index in [-0.39, 0.29) is 30.6 Å². The number of amides is 2. The number of anilines is 2. The molecule has 4 rings (SSSR count). The van der Waals surface area contributed by atoms with Crippen LogP contribution >= 0.6 is 0 Å². The van der Waals surface area contributed by atoms with Gasteiger partial charge < -0.3 is 15.0 Å². The molecule has 33 heavy (non-hydrogen) atoms. The molecular formula is C27H27FN2O3. The van der Waals surface area contributed by atoms with Gasteiger partial charge in [0.25, 0.3) is 0 Å². The summed E-state index contributed by atoms with van der Waals surface area (Å²) < 4.78 is 19.3. The average Bonchev–Trinajstić information content (AvgIpc) is 3.17. The zero-order valence-corrected chi connectivity index (χ0v) is 19.0. The molecule has 1 atom stereocenters. The first kappa shape index (κ1) is 22.5. The van der Waals surface area contributed by atoms with Crippen LogP contribution in [-0.4, -0.2) is 18.4 Å². The third-order valence-electron chi connectivity index (χ3n) is 5.77. The van der Waals surface area contributed by atoms with E-state index in [9.17, 15) is 14.0 Å². The summed E-state index contributed by atoms with van der Waals surface area (Å²) in [5, 5.41) is 2.88. The van der Waals surface area contributed by atoms with Crippen LogP contribution in [0.4, 0.5) is 15.8 Å². The quantitative estimate of drug-likeness (QED) is 0.502. The van der Waals surface area contributed by atoms with Crippen molar-refractivity contribution in [1.82, 2.24) is 0 Å². The van der Waals surface area contributed by atoms with Gasteiger partial charge in [-0.1, -0.05) is 26.0 Å². The second kappa shape index (κ2) is 9.45. The van der Waals surface area contributed by atoms with Crippen LogP contribution in [0.15, 0.2) is 66.7 Å². The molecule has 3 aromatic rings. The van der Waals surface area contributed by atoms with Crippen LogP contribution in [-0.2, 0) is 9.59 Å². The predicted octanol–water partition coefficient (Wildman–Crippen LogP) is 6.04. The molecule has 0 spiro atoms. The monoisotopic (exact) mass is 446 g/mol. The summed E-state index contributed by atoms with van der Waals surface area (Å²) in [7, 11) is 0. The molecule has 1 aliphatic rings. The SMILES string of the molecule is Cc1ccc(C(C)C)c(Oc2ccc(NC(=O)[C@@H]3CC(=O)N(c4ccc(F)cc4)C3)cc2)c1. The minimum atomic E-state index is -0.473. The van der Waals surface area contributed by atoms with Crippen molar-refractivity contribution < 1.29 is 18.7 Å². The van der Waals surface area contributed by atoms with Gasteiger partial charge in [0.2, 0.25) is 11.8 Å². The van der Waals surface area contributed by atoms with Crippen molar-refractivity contribution in [3.63, 3.8) is 0 Å². The smallest absolute Gasteiger partial charge is 0.229 e. The number of carbonyl (C=O) groups excluding carboxylic acids is 2. The lowest BCUT2D eigenvalue weighted by Gasteiger charge is -2.17. The van der Waals surface area contributed by atoms with Crippen LogP contribution in [0.5, 0.6) is 11.5 Å². The van der Waals surface area contributed by atoms with E-state index in [0.717, 1.165) is 16.9 Å². The number of nitrogens with one attached hydrogen (secondary N) is 1. The molecular weight excluding hydrogens is 419 g/mol. The van der Waals surface area contributed by atoms with Crippen molar-refractivity contribution in [2.24, 2.45) is 5.92 Å². The summed E-state index contributed by atoms with van der Waals surface area (Å²) in [5.74, 6) is 0.635. The highest BCUT2D eigenvalue weighted by atomic mass is 19.1. The molecule has 0 saturated carbocycles. The van der Waals surface area contributed by atoms with Gasteiger partial charge in [-0.05, 0) is 78.6 Å². The van der Waals surface area contributed by atoms with Gasteiger partial charge in [0.05, 0.1) is 5.92 Å². The van der Waals surface area contributed by atoms with Crippen molar-refractivity contribution in [2.75, 3.05) is 16.8 Å². The number of hydrogen-bond acceptors (Lipinski definition) is 3. The molecule has 170 valence electrons. The first-order chi connectivity index (χ1) is 15.8. The van der Waals surface area contributed by atoms with Crippen LogP contribution in [0.2, 0.25) is 0 Å². The topological polar surface area (TPSA) is 58.6 Å². The summed E-state index contributed by atoms with van der Waals surface area (Å²) in [6, 6.07) is 19.1. The van der Waals surface area contributed by atoms with Crippen LogP contribution in [0.1, 0.15) is 37.3 Å². The highest BCUT2D eigenvalue weighted by Gasteiger charge is 2.35. The third kappa shape index (κ3) is 5.22. The Hall–Kier alpha value is -3.67. The molecule has 1 N–H and O–H groups in total. The van der Waals surface area contributed by atoms with E-state index in [1.54, 1.807) is 24.3 Å². The average molecular weight is 447 g/mol. The number of aryl methyl sites for hydroxylation is 1. The number of benzene rings is 3. The molecule has 6 heteroatoms. The largest absolute Gasteiger partial charge is 0.457 e. The lowest BCUT2D eigenvalue weighted by atomic mass is 10.0. The number of carbonyl (C=O) groups is 2. The third-order valence-corrected chi connectivity index (χ3v) is 5.77. The van der Waals surface area contributed by atoms with Gasteiger partial charge in [-0.3, -0.25) is 9.59 Å². The zero-order valence-electron chi connectivity index (χ0n) is 19.0. The summed E-state index contributed by atoms with van der Waals surface area (Å²) in [6.45, 7) is 6.55. The summed E-state index contributed by atoms with van der Waals surface area (Å²) in [5.41, 5.74) is 3.48. The molecule has 0 aromatic heterocycles. The number of hydrogen-bond donors (Lipinski definition) is 1. The van der Waals surface area contributed by atoms with Gasteiger partial charge in [0, 0.05) is 24.3 Å². The molecule has 2 amide bonds. The van der Waals surface area contributed by atoms with Crippen molar-refractivity contribution in [1.29, 1.82) is 0 Å². The Bertz CT molecular complexity index is 1160. The molecule has 1 fully saturated rings. The molecule has 1 saturated heterocycles. The predicted molar refractivity (Wildman–Crippen MR) is 127 cm³/mol. The Morgan fingerprint density at radius 3 is 2.42 bits per heavy atom. The van der Waals surface area contributed by atoms with E-state index >= 15 is 0 Å². The number of halogens is 1. The second-order valence-corrected chi connectivity index (χ2v) is 8.69. The summed E-state index contributed by atoms with van der Waals surface area (Å²) >= 11 is 0. The maximum atomic E-state index is 13.2. The number of nitrogens with zero attached hydrogens (tertiary/aromatic N) is 1. The minimum Gasteiger partial charge on any atom is -0.457 e. The first-order valence-corrected chi connectivity index (χ1v) is 11.1. The molecule has 0 aliphatic carbocycles. The van der Waals surface area contributed by atoms with Crippen molar-refractivity contribution in [3.8, 4) is 11.5 Å². The molecule has 0 unspecified atom stereocenters. The van der Waals surface area contributed by atoms with Crippen molar-refractivity contribution >= 4 is 23.2 Å². The lowest BCUT2D eigenvalue weighted by Crippen LogP contribution is -2.28. The maximum Gasteiger partial charge on any atom is 0.229 e. The fraction of sp³-hybridized carbons (Fsp3) is 0.259. The molecule has 5 nitrogen and oxygen atoms in total. The maximum absolute atomic E-state index is 13.2. The highest BCUT2D eigenvalue weighted by molar-refractivity contribution is 6.03. The van der Waals surface area contributed by atoms with Crippen molar-refractivity contribution in [3.05, 3.63) is 83.7 Å². The van der Waals surface area contributed by atoms with Crippen LogP contribution in [0, 0.1) is 18.7 Å². The molecule has 1 aliphatic heterocycles. The van der Waals surface area contributed by atoms with Gasteiger partial charge >= 0.3 is 0 Å². The van der Waals surface area contributed by atoms with E-state index in [2.05, 4.69) is 31.3 Å². The first-order valence-electron chi connectivity index (χ1n) is 11.1. The number of rotatable bonds is 6. The Balaban J connectivity index is 1.39. The van der Waals surface area contributed by atoms with Crippen molar-refractivity contribution in [2.45, 2.75) is 33.1 Å². The van der Waals surface area contributed by atoms with Crippen LogP contribution < -0.4 is 15.0 Å². The van der Waals surface area contributed by atoms with E-state index < -0.39 is 5.92 Å². The second-order valence-electron chi connectivity index (χ2n) is 8.69. The molecule has 0 radical (unpaired) electrons. The molecule has 0 bridgehead atoms. The fourth-order valence-electron chi connectivity index (χ4n) is 3.94. The standard InChI is InChI=1S/C27H27FN2O3/c1-17(2)24-13-4-18(3)14-25(24)33-23-11-7-21(8-12-23)29-27(32)19-15-26(31)30(16-19)22-9-5-20(28)6-10-22/h4-14,17,19H,15-16H2,1-3H3,(H,29,32)/t19-/m1/s1. The summed E-state index contributed by atoms with van der Waals surface area (Å²) in [6.07, 6.45) is 0.121. The Morgan fingerprint density at radius 1 is 1.06 bits per heavy atom. The Kier molecular flexibility index (Phi) is 6.45. The van der Waals surface area contributed by atoms with Crippen LogP contribution in [0.25, 0.3) is 0 Å². The number of ether oxygens (including phenoxy) is 1. The lowest BCUT2D eigenvalue weighted by molar-refractivity contribution is -0.122. The minimum absolute atomic E-state index is 0.121. The zero-order chi connectivity index (χ0) is 23.5. The van der Waals surface area contributed by atoms with Gasteiger partial charge in [-0.25, -0.2) is 4.39 Å². The summed E-state index contributed by atoms with van der Waals surface area (Å²) in [4.78, 5) is 26.6. The van der Waals surface area contributed by atoms with Gasteiger partial charge in [-0.2, -0.15) is 0 Å². The highest BCUT2D eigenvalue weighted by Crippen LogP contribution is 2.32. The van der Waals surface area contributed by atoms with E-state index in [0.29, 0.717) is 23.0 Å².